The number of benzene rings is 1. The smallest absolute Gasteiger partial charge is 0.241 e. The van der Waals surface area contributed by atoms with Crippen LogP contribution in [0.2, 0.25) is 0 Å². The number of hydrogen-bond acceptors (Lipinski definition) is 5. The molecule has 1 aromatic carbocycles. The topological polar surface area (TPSA) is 82.8 Å². The van der Waals surface area contributed by atoms with E-state index >= 15 is 0 Å². The van der Waals surface area contributed by atoms with Gasteiger partial charge in [-0.2, -0.15) is 5.26 Å². The summed E-state index contributed by atoms with van der Waals surface area (Å²) in [6, 6.07) is 7.43. The van der Waals surface area contributed by atoms with Crippen LogP contribution in [0.5, 0.6) is 0 Å². The van der Waals surface area contributed by atoms with Crippen molar-refractivity contribution in [1.82, 2.24) is 9.71 Å². The van der Waals surface area contributed by atoms with Gasteiger partial charge in [0, 0.05) is 11.1 Å². The van der Waals surface area contributed by atoms with Crippen LogP contribution >= 0.6 is 11.3 Å². The van der Waals surface area contributed by atoms with Gasteiger partial charge >= 0.3 is 0 Å². The van der Waals surface area contributed by atoms with Gasteiger partial charge in [-0.25, -0.2) is 18.1 Å². The zero-order valence-corrected chi connectivity index (χ0v) is 12.6. The summed E-state index contributed by atoms with van der Waals surface area (Å²) >= 11 is 1.45. The zero-order valence-electron chi connectivity index (χ0n) is 11.0. The van der Waals surface area contributed by atoms with Crippen molar-refractivity contribution in [3.8, 4) is 6.07 Å². The Hall–Kier alpha value is -1.75. The molecule has 1 N–H and O–H groups in total. The summed E-state index contributed by atoms with van der Waals surface area (Å²) in [5.41, 5.74) is 0.311. The molecule has 5 nitrogen and oxygen atoms in total. The number of nitrogens with zero attached hydrogens (tertiary/aromatic N) is 2. The van der Waals surface area contributed by atoms with E-state index in [0.29, 0.717) is 10.6 Å². The normalized spacial score (nSPS) is 12.8. The van der Waals surface area contributed by atoms with Gasteiger partial charge in [-0.1, -0.05) is 6.07 Å². The molecule has 20 heavy (non-hydrogen) atoms. The first-order chi connectivity index (χ1) is 9.42. The lowest BCUT2D eigenvalue weighted by atomic mass is 10.2. The van der Waals surface area contributed by atoms with E-state index in [1.54, 1.807) is 25.3 Å². The molecular formula is C13H13N3O2S2. The Morgan fingerprint density at radius 2 is 2.20 bits per heavy atom. The van der Waals surface area contributed by atoms with Crippen LogP contribution in [0.25, 0.3) is 0 Å². The summed E-state index contributed by atoms with van der Waals surface area (Å²) in [6.45, 7) is 3.66. The Morgan fingerprint density at radius 3 is 2.80 bits per heavy atom. The molecule has 1 heterocycles. The molecule has 0 aliphatic heterocycles. The lowest BCUT2D eigenvalue weighted by molar-refractivity contribution is 0.566. The number of aromatic nitrogens is 1. The quantitative estimate of drug-likeness (QED) is 0.940. The van der Waals surface area contributed by atoms with Crippen molar-refractivity contribution in [2.45, 2.75) is 24.8 Å². The molecule has 0 aliphatic rings. The number of hydrogen-bond donors (Lipinski definition) is 1. The maximum absolute atomic E-state index is 12.2. The molecule has 1 unspecified atom stereocenters. The van der Waals surface area contributed by atoms with Crippen molar-refractivity contribution in [2.24, 2.45) is 0 Å². The lowest BCUT2D eigenvalue weighted by Crippen LogP contribution is -2.26. The van der Waals surface area contributed by atoms with E-state index in [1.807, 2.05) is 13.0 Å². The van der Waals surface area contributed by atoms with Crippen molar-refractivity contribution < 1.29 is 8.42 Å². The fourth-order valence-corrected chi connectivity index (χ4v) is 3.76. The Bertz CT molecular complexity index is 760. The summed E-state index contributed by atoms with van der Waals surface area (Å²) in [7, 11) is -3.67. The van der Waals surface area contributed by atoms with E-state index in [9.17, 15) is 8.42 Å². The molecule has 0 aliphatic carbocycles. The molecule has 2 rings (SSSR count). The molecule has 2 aromatic rings. The number of nitrogens with one attached hydrogen (secondary N) is 1. The zero-order chi connectivity index (χ0) is 14.8. The van der Waals surface area contributed by atoms with Crippen LogP contribution in [0.4, 0.5) is 0 Å². The predicted molar refractivity (Wildman–Crippen MR) is 76.7 cm³/mol. The molecule has 0 spiro atoms. The highest BCUT2D eigenvalue weighted by Gasteiger charge is 2.20. The summed E-state index contributed by atoms with van der Waals surface area (Å²) in [6.07, 6.45) is 1.71. The summed E-state index contributed by atoms with van der Waals surface area (Å²) in [4.78, 5) is 5.27. The van der Waals surface area contributed by atoms with Gasteiger partial charge in [-0.05, 0) is 32.0 Å². The van der Waals surface area contributed by atoms with Gasteiger partial charge in [0.05, 0.1) is 22.6 Å². The van der Waals surface area contributed by atoms with Gasteiger partial charge in [0.25, 0.3) is 0 Å². The minimum Gasteiger partial charge on any atom is -0.248 e. The molecule has 1 aromatic heterocycles. The highest BCUT2D eigenvalue weighted by atomic mass is 32.2. The van der Waals surface area contributed by atoms with Gasteiger partial charge in [-0.3, -0.25) is 0 Å². The lowest BCUT2D eigenvalue weighted by Gasteiger charge is -2.12. The third-order valence-electron chi connectivity index (χ3n) is 2.61. The number of sulfonamides is 1. The average Bonchev–Trinajstić information content (AvgIpc) is 2.85. The van der Waals surface area contributed by atoms with Crippen molar-refractivity contribution in [3.05, 3.63) is 45.9 Å². The van der Waals surface area contributed by atoms with E-state index < -0.39 is 16.1 Å². The van der Waals surface area contributed by atoms with Gasteiger partial charge in [-0.15, -0.1) is 11.3 Å². The van der Waals surface area contributed by atoms with E-state index in [0.717, 1.165) is 4.88 Å². The van der Waals surface area contributed by atoms with Crippen molar-refractivity contribution >= 4 is 21.4 Å². The number of rotatable bonds is 4. The fourth-order valence-electron chi connectivity index (χ4n) is 1.66. The van der Waals surface area contributed by atoms with Crippen LogP contribution in [0.1, 0.15) is 28.4 Å². The average molecular weight is 307 g/mol. The van der Waals surface area contributed by atoms with E-state index in [-0.39, 0.29) is 4.90 Å². The van der Waals surface area contributed by atoms with Gasteiger partial charge in [0.15, 0.2) is 0 Å². The minimum atomic E-state index is -3.67. The fraction of sp³-hybridized carbons (Fsp3) is 0.231. The van der Waals surface area contributed by atoms with Crippen molar-refractivity contribution in [1.29, 1.82) is 5.26 Å². The maximum Gasteiger partial charge on any atom is 0.241 e. The van der Waals surface area contributed by atoms with Crippen molar-refractivity contribution in [3.63, 3.8) is 0 Å². The molecule has 1 atom stereocenters. The van der Waals surface area contributed by atoms with E-state index in [1.165, 1.54) is 23.5 Å². The van der Waals surface area contributed by atoms with Crippen LogP contribution in [-0.2, 0) is 10.0 Å². The molecule has 0 saturated heterocycles. The first-order valence-corrected chi connectivity index (χ1v) is 8.17. The Labute approximate surface area is 122 Å². The van der Waals surface area contributed by atoms with Crippen LogP contribution < -0.4 is 4.72 Å². The van der Waals surface area contributed by atoms with Crippen LogP contribution in [0, 0.1) is 18.3 Å². The van der Waals surface area contributed by atoms with Gasteiger partial charge < -0.3 is 0 Å². The first kappa shape index (κ1) is 14.7. The Morgan fingerprint density at radius 1 is 1.45 bits per heavy atom. The number of aryl methyl sites for hydroxylation is 1. The molecule has 0 radical (unpaired) electrons. The molecule has 104 valence electrons. The highest BCUT2D eigenvalue weighted by Crippen LogP contribution is 2.21. The Kier molecular flexibility index (Phi) is 4.18. The second-order valence-electron chi connectivity index (χ2n) is 4.29. The molecule has 0 bridgehead atoms. The standard InChI is InChI=1S/C13H13N3O2S2/c1-9-8-15-13(19-9)10(2)16-20(17,18)12-5-3-4-11(6-12)7-14/h3-6,8,10,16H,1-2H3. The minimum absolute atomic E-state index is 0.0803. The van der Waals surface area contributed by atoms with Gasteiger partial charge in [0.1, 0.15) is 5.01 Å². The van der Waals surface area contributed by atoms with E-state index in [4.69, 9.17) is 5.26 Å². The molecule has 0 saturated carbocycles. The molecular weight excluding hydrogens is 294 g/mol. The van der Waals surface area contributed by atoms with Crippen LogP contribution in [0.3, 0.4) is 0 Å². The summed E-state index contributed by atoms with van der Waals surface area (Å²) in [5.74, 6) is 0. The Balaban J connectivity index is 2.25. The highest BCUT2D eigenvalue weighted by molar-refractivity contribution is 7.89. The van der Waals surface area contributed by atoms with Crippen LogP contribution in [-0.4, -0.2) is 13.4 Å². The van der Waals surface area contributed by atoms with Crippen molar-refractivity contribution in [2.75, 3.05) is 0 Å². The SMILES string of the molecule is Cc1cnc(C(C)NS(=O)(=O)c2cccc(C#N)c2)s1. The number of thiazole rings is 1. The summed E-state index contributed by atoms with van der Waals surface area (Å²) < 4.78 is 27.1. The van der Waals surface area contributed by atoms with E-state index in [2.05, 4.69) is 9.71 Å². The maximum atomic E-state index is 12.2. The number of nitriles is 1. The third kappa shape index (κ3) is 3.22. The first-order valence-electron chi connectivity index (χ1n) is 5.87. The summed E-state index contributed by atoms with van der Waals surface area (Å²) in [5, 5.41) is 9.53. The second-order valence-corrected chi connectivity index (χ2v) is 7.27. The second kappa shape index (κ2) is 5.71. The molecule has 0 fully saturated rings. The van der Waals surface area contributed by atoms with Gasteiger partial charge in [0.2, 0.25) is 10.0 Å². The molecule has 7 heteroatoms. The largest absolute Gasteiger partial charge is 0.248 e. The monoisotopic (exact) mass is 307 g/mol. The van der Waals surface area contributed by atoms with Crippen LogP contribution in [0.15, 0.2) is 35.4 Å². The predicted octanol–water partition coefficient (Wildman–Crippen LogP) is 2.36. The molecule has 0 amide bonds. The third-order valence-corrected chi connectivity index (χ3v) is 5.25.